The van der Waals surface area contributed by atoms with Crippen molar-refractivity contribution in [2.24, 2.45) is 5.73 Å². The topological polar surface area (TPSA) is 68.0 Å². The third-order valence-electron chi connectivity index (χ3n) is 2.81. The summed E-state index contributed by atoms with van der Waals surface area (Å²) in [4.78, 5) is 17.5. The summed E-state index contributed by atoms with van der Waals surface area (Å²) >= 11 is 7.55. The number of nitrogens with one attached hydrogen (secondary N) is 1. The number of thiazole rings is 1. The molecule has 0 aliphatic carbocycles. The molecule has 1 aromatic carbocycles. The number of carbonyl (C=O) groups is 1. The largest absolute Gasteiger partial charge is 0.320 e. The number of nitrogens with two attached hydrogens (primary N) is 1. The molecule has 0 aliphatic rings. The summed E-state index contributed by atoms with van der Waals surface area (Å²) in [5.74, 6) is 5.33. The Morgan fingerprint density at radius 3 is 2.81 bits per heavy atom. The van der Waals surface area contributed by atoms with Crippen molar-refractivity contribution in [2.75, 3.05) is 11.9 Å². The van der Waals surface area contributed by atoms with Crippen molar-refractivity contribution < 1.29 is 4.79 Å². The second kappa shape index (κ2) is 6.72. The van der Waals surface area contributed by atoms with Gasteiger partial charge in [0.25, 0.3) is 5.91 Å². The van der Waals surface area contributed by atoms with Crippen LogP contribution in [0.4, 0.5) is 5.13 Å². The monoisotopic (exact) mass is 319 g/mol. The first-order valence-electron chi connectivity index (χ1n) is 6.25. The standard InChI is InChI=1S/C15H14ClN3OS/c1-9-10(2)21-15(18-9)19-14(20)12-6-5-11(4-3-7-17)13(16)8-12/h5-6,8H,7,17H2,1-2H3,(H,18,19,20). The van der Waals surface area contributed by atoms with Crippen molar-refractivity contribution in [1.29, 1.82) is 0 Å². The van der Waals surface area contributed by atoms with Crippen LogP contribution >= 0.6 is 22.9 Å². The molecule has 0 spiro atoms. The van der Waals surface area contributed by atoms with Crippen molar-refractivity contribution in [3.63, 3.8) is 0 Å². The summed E-state index contributed by atoms with van der Waals surface area (Å²) in [5.41, 5.74) is 7.35. The summed E-state index contributed by atoms with van der Waals surface area (Å²) in [6.45, 7) is 4.13. The van der Waals surface area contributed by atoms with E-state index >= 15 is 0 Å². The van der Waals surface area contributed by atoms with Crippen LogP contribution < -0.4 is 11.1 Å². The van der Waals surface area contributed by atoms with E-state index in [2.05, 4.69) is 22.1 Å². The number of hydrogen-bond donors (Lipinski definition) is 2. The van der Waals surface area contributed by atoms with Gasteiger partial charge in [-0.1, -0.05) is 23.4 Å². The van der Waals surface area contributed by atoms with E-state index < -0.39 is 0 Å². The Bertz CT molecular complexity index is 724. The molecule has 0 fully saturated rings. The van der Waals surface area contributed by atoms with E-state index in [0.29, 0.717) is 21.3 Å². The molecule has 0 unspecified atom stereocenters. The predicted molar refractivity (Wildman–Crippen MR) is 86.9 cm³/mol. The van der Waals surface area contributed by atoms with E-state index in [1.54, 1.807) is 18.2 Å². The fourth-order valence-corrected chi connectivity index (χ4v) is 2.64. The number of aryl methyl sites for hydroxylation is 2. The number of halogens is 1. The molecule has 1 amide bonds. The fraction of sp³-hybridized carbons (Fsp3) is 0.200. The summed E-state index contributed by atoms with van der Waals surface area (Å²) < 4.78 is 0. The third-order valence-corrected chi connectivity index (χ3v) is 4.11. The van der Waals surface area contributed by atoms with Gasteiger partial charge in [0.05, 0.1) is 17.3 Å². The summed E-state index contributed by atoms with van der Waals surface area (Å²) in [6.07, 6.45) is 0. The Morgan fingerprint density at radius 1 is 1.48 bits per heavy atom. The minimum absolute atomic E-state index is 0.246. The average molecular weight is 320 g/mol. The molecule has 6 heteroatoms. The lowest BCUT2D eigenvalue weighted by Crippen LogP contribution is -2.11. The third kappa shape index (κ3) is 3.82. The Balaban J connectivity index is 2.18. The number of anilines is 1. The molecule has 0 aliphatic heterocycles. The molecular weight excluding hydrogens is 306 g/mol. The number of carbonyl (C=O) groups excluding carboxylic acids is 1. The highest BCUT2D eigenvalue weighted by Crippen LogP contribution is 2.23. The van der Waals surface area contributed by atoms with Gasteiger partial charge in [0.2, 0.25) is 0 Å². The number of aromatic nitrogens is 1. The minimum atomic E-state index is -0.246. The van der Waals surface area contributed by atoms with Crippen LogP contribution in [0.2, 0.25) is 5.02 Å². The van der Waals surface area contributed by atoms with Crippen LogP contribution in [0.1, 0.15) is 26.5 Å². The van der Waals surface area contributed by atoms with E-state index in [1.807, 2.05) is 13.8 Å². The van der Waals surface area contributed by atoms with Crippen molar-refractivity contribution in [3.05, 3.63) is 44.9 Å². The normalized spacial score (nSPS) is 9.90. The fourth-order valence-electron chi connectivity index (χ4n) is 1.60. The van der Waals surface area contributed by atoms with Crippen LogP contribution in [0.3, 0.4) is 0 Å². The van der Waals surface area contributed by atoms with Crippen molar-refractivity contribution >= 4 is 34.0 Å². The number of nitrogens with zero attached hydrogens (tertiary/aromatic N) is 1. The molecule has 0 atom stereocenters. The molecule has 2 aromatic rings. The highest BCUT2D eigenvalue weighted by atomic mass is 35.5. The predicted octanol–water partition coefficient (Wildman–Crippen LogP) is 2.98. The quantitative estimate of drug-likeness (QED) is 0.836. The summed E-state index contributed by atoms with van der Waals surface area (Å²) in [7, 11) is 0. The second-order valence-corrected chi connectivity index (χ2v) is 5.93. The molecule has 0 saturated carbocycles. The van der Waals surface area contributed by atoms with Crippen LogP contribution in [0.15, 0.2) is 18.2 Å². The zero-order valence-corrected chi connectivity index (χ0v) is 13.2. The Labute approximate surface area is 132 Å². The van der Waals surface area contributed by atoms with E-state index in [0.717, 1.165) is 10.6 Å². The maximum absolute atomic E-state index is 12.2. The first-order valence-corrected chi connectivity index (χ1v) is 7.44. The Morgan fingerprint density at radius 2 is 2.24 bits per heavy atom. The number of amides is 1. The van der Waals surface area contributed by atoms with Crippen LogP contribution in [0.5, 0.6) is 0 Å². The maximum Gasteiger partial charge on any atom is 0.257 e. The number of rotatable bonds is 2. The van der Waals surface area contributed by atoms with Gasteiger partial charge in [-0.15, -0.1) is 11.3 Å². The second-order valence-electron chi connectivity index (χ2n) is 4.32. The molecule has 3 N–H and O–H groups in total. The molecule has 0 radical (unpaired) electrons. The van der Waals surface area contributed by atoms with Gasteiger partial charge in [-0.25, -0.2) is 4.98 Å². The van der Waals surface area contributed by atoms with Crippen molar-refractivity contribution in [3.8, 4) is 11.8 Å². The average Bonchev–Trinajstić information content (AvgIpc) is 2.75. The van der Waals surface area contributed by atoms with E-state index in [-0.39, 0.29) is 12.5 Å². The molecule has 0 bridgehead atoms. The molecule has 21 heavy (non-hydrogen) atoms. The van der Waals surface area contributed by atoms with Gasteiger partial charge in [0.15, 0.2) is 5.13 Å². The van der Waals surface area contributed by atoms with Gasteiger partial charge < -0.3 is 5.73 Å². The van der Waals surface area contributed by atoms with Crippen molar-refractivity contribution in [2.45, 2.75) is 13.8 Å². The molecule has 2 rings (SSSR count). The van der Waals surface area contributed by atoms with E-state index in [1.165, 1.54) is 11.3 Å². The van der Waals surface area contributed by atoms with Crippen LogP contribution in [0.25, 0.3) is 0 Å². The van der Waals surface area contributed by atoms with Gasteiger partial charge in [-0.2, -0.15) is 0 Å². The SMILES string of the molecule is Cc1nc(NC(=O)c2ccc(C#CCN)c(Cl)c2)sc1C. The highest BCUT2D eigenvalue weighted by Gasteiger charge is 2.11. The Kier molecular flexibility index (Phi) is 4.97. The van der Waals surface area contributed by atoms with Crippen LogP contribution in [-0.4, -0.2) is 17.4 Å². The molecule has 108 valence electrons. The summed E-state index contributed by atoms with van der Waals surface area (Å²) in [5, 5.41) is 3.77. The van der Waals surface area contributed by atoms with Crippen molar-refractivity contribution in [1.82, 2.24) is 4.98 Å². The van der Waals surface area contributed by atoms with Crippen LogP contribution in [-0.2, 0) is 0 Å². The first kappa shape index (κ1) is 15.5. The zero-order valence-electron chi connectivity index (χ0n) is 11.7. The lowest BCUT2D eigenvalue weighted by Gasteiger charge is -2.03. The number of hydrogen-bond acceptors (Lipinski definition) is 4. The maximum atomic E-state index is 12.2. The Hall–Kier alpha value is -1.87. The first-order chi connectivity index (χ1) is 10.0. The van der Waals surface area contributed by atoms with Gasteiger partial charge in [0.1, 0.15) is 0 Å². The molecule has 1 heterocycles. The molecular formula is C15H14ClN3OS. The minimum Gasteiger partial charge on any atom is -0.320 e. The van der Waals surface area contributed by atoms with E-state index in [4.69, 9.17) is 17.3 Å². The molecule has 0 saturated heterocycles. The number of benzene rings is 1. The van der Waals surface area contributed by atoms with E-state index in [9.17, 15) is 4.79 Å². The molecule has 4 nitrogen and oxygen atoms in total. The zero-order chi connectivity index (χ0) is 15.4. The van der Waals surface area contributed by atoms with Gasteiger partial charge >= 0.3 is 0 Å². The highest BCUT2D eigenvalue weighted by molar-refractivity contribution is 7.15. The van der Waals surface area contributed by atoms with Gasteiger partial charge in [-0.3, -0.25) is 10.1 Å². The molecule has 1 aromatic heterocycles. The lowest BCUT2D eigenvalue weighted by molar-refractivity contribution is 0.102. The smallest absolute Gasteiger partial charge is 0.257 e. The van der Waals surface area contributed by atoms with Gasteiger partial charge in [0, 0.05) is 16.0 Å². The van der Waals surface area contributed by atoms with Gasteiger partial charge in [-0.05, 0) is 32.0 Å². The summed E-state index contributed by atoms with van der Waals surface area (Å²) in [6, 6.07) is 4.97. The van der Waals surface area contributed by atoms with Crippen LogP contribution in [0, 0.1) is 25.7 Å². The lowest BCUT2D eigenvalue weighted by atomic mass is 10.1.